The fourth-order valence-corrected chi connectivity index (χ4v) is 2.95. The summed E-state index contributed by atoms with van der Waals surface area (Å²) in [6, 6.07) is 9.26. The highest BCUT2D eigenvalue weighted by atomic mass is 19.1. The summed E-state index contributed by atoms with van der Waals surface area (Å²) >= 11 is 0. The molecule has 0 radical (unpaired) electrons. The molecule has 22 heavy (non-hydrogen) atoms. The molecule has 1 aliphatic heterocycles. The number of fused-ring (bicyclic) bond motifs is 1. The Bertz CT molecular complexity index is 807. The van der Waals surface area contributed by atoms with E-state index in [1.54, 1.807) is 12.3 Å². The third-order valence-corrected chi connectivity index (χ3v) is 4.18. The summed E-state index contributed by atoms with van der Waals surface area (Å²) in [4.78, 5) is 8.77. The van der Waals surface area contributed by atoms with E-state index in [0.717, 1.165) is 5.39 Å². The number of hydrogen-bond acceptors (Lipinski definition) is 4. The van der Waals surface area contributed by atoms with Gasteiger partial charge in [-0.1, -0.05) is 6.07 Å². The van der Waals surface area contributed by atoms with Crippen molar-refractivity contribution in [1.29, 1.82) is 0 Å². The third kappa shape index (κ3) is 2.16. The Morgan fingerprint density at radius 2 is 1.95 bits per heavy atom. The van der Waals surface area contributed by atoms with Crippen molar-refractivity contribution in [1.82, 2.24) is 25.5 Å². The second-order valence-corrected chi connectivity index (χ2v) is 5.60. The van der Waals surface area contributed by atoms with Crippen molar-refractivity contribution in [2.45, 2.75) is 18.5 Å². The largest absolute Gasteiger partial charge is 0.316 e. The summed E-state index contributed by atoms with van der Waals surface area (Å²) in [5.74, 6) is 0. The van der Waals surface area contributed by atoms with Crippen LogP contribution < -0.4 is 5.32 Å². The molecule has 0 unspecified atom stereocenters. The molecule has 112 valence electrons. The van der Waals surface area contributed by atoms with Crippen LogP contribution in [0.3, 0.4) is 0 Å². The normalized spacial score (nSPS) is 17.7. The van der Waals surface area contributed by atoms with Crippen molar-refractivity contribution < 1.29 is 4.39 Å². The molecule has 1 aliphatic rings. The lowest BCUT2D eigenvalue weighted by molar-refractivity contribution is 0.110. The minimum Gasteiger partial charge on any atom is -0.316 e. The highest BCUT2D eigenvalue weighted by Gasteiger charge is 2.35. The van der Waals surface area contributed by atoms with Crippen LogP contribution in [0.4, 0.5) is 4.39 Å². The number of pyridine rings is 2. The first-order valence-corrected chi connectivity index (χ1v) is 7.43. The average molecular weight is 297 g/mol. The maximum atomic E-state index is 15.1. The summed E-state index contributed by atoms with van der Waals surface area (Å²) < 4.78 is 15.1. The van der Waals surface area contributed by atoms with Gasteiger partial charge in [0.05, 0.1) is 11.4 Å². The van der Waals surface area contributed by atoms with Crippen LogP contribution >= 0.6 is 0 Å². The topological polar surface area (TPSA) is 66.5 Å². The zero-order valence-corrected chi connectivity index (χ0v) is 12.0. The predicted molar refractivity (Wildman–Crippen MR) is 82.0 cm³/mol. The number of piperidine rings is 1. The average Bonchev–Trinajstić information content (AvgIpc) is 3.00. The maximum Gasteiger partial charge on any atom is 0.155 e. The molecule has 0 spiro atoms. The van der Waals surface area contributed by atoms with E-state index >= 15 is 4.39 Å². The number of hydrogen-bond donors (Lipinski definition) is 2. The quantitative estimate of drug-likeness (QED) is 0.763. The molecule has 0 amide bonds. The molecule has 3 aromatic heterocycles. The molecule has 0 atom stereocenters. The summed E-state index contributed by atoms with van der Waals surface area (Å²) in [7, 11) is 0. The number of nitrogens with one attached hydrogen (secondary N) is 2. The fourth-order valence-electron chi connectivity index (χ4n) is 2.95. The lowest BCUT2D eigenvalue weighted by Crippen LogP contribution is -2.37. The van der Waals surface area contributed by atoms with Gasteiger partial charge in [-0.25, -0.2) is 14.4 Å². The number of aromatic amines is 1. The SMILES string of the molecule is FC1(c2cccc(-c3n[nH]c4ncccc34)n2)CCNCC1. The van der Waals surface area contributed by atoms with E-state index in [-0.39, 0.29) is 0 Å². The predicted octanol–water partition coefficient (Wildman–Crippen LogP) is 2.57. The monoisotopic (exact) mass is 297 g/mol. The Morgan fingerprint density at radius 3 is 2.82 bits per heavy atom. The molecule has 3 aromatic rings. The van der Waals surface area contributed by atoms with Gasteiger partial charge in [-0.3, -0.25) is 5.10 Å². The summed E-state index contributed by atoms with van der Waals surface area (Å²) in [5.41, 5.74) is 1.23. The smallest absolute Gasteiger partial charge is 0.155 e. The van der Waals surface area contributed by atoms with E-state index in [4.69, 9.17) is 0 Å². The molecule has 4 heterocycles. The van der Waals surface area contributed by atoms with Gasteiger partial charge >= 0.3 is 0 Å². The molecule has 0 aliphatic carbocycles. The Balaban J connectivity index is 1.79. The van der Waals surface area contributed by atoms with E-state index < -0.39 is 5.67 Å². The van der Waals surface area contributed by atoms with Gasteiger partial charge in [0.15, 0.2) is 11.3 Å². The summed E-state index contributed by atoms with van der Waals surface area (Å²) in [5, 5.41) is 11.3. The van der Waals surface area contributed by atoms with Gasteiger partial charge in [-0.05, 0) is 50.2 Å². The van der Waals surface area contributed by atoms with Crippen LogP contribution in [-0.2, 0) is 5.67 Å². The van der Waals surface area contributed by atoms with Crippen molar-refractivity contribution in [3.63, 3.8) is 0 Å². The van der Waals surface area contributed by atoms with Crippen LogP contribution in [0.5, 0.6) is 0 Å². The fraction of sp³-hybridized carbons (Fsp3) is 0.312. The molecule has 0 saturated carbocycles. The van der Waals surface area contributed by atoms with Crippen molar-refractivity contribution >= 4 is 11.0 Å². The van der Waals surface area contributed by atoms with E-state index in [9.17, 15) is 0 Å². The van der Waals surface area contributed by atoms with Crippen LogP contribution in [-0.4, -0.2) is 33.3 Å². The van der Waals surface area contributed by atoms with Gasteiger partial charge in [-0.15, -0.1) is 0 Å². The van der Waals surface area contributed by atoms with E-state index in [1.807, 2.05) is 24.3 Å². The molecule has 0 aromatic carbocycles. The summed E-state index contributed by atoms with van der Waals surface area (Å²) in [6.07, 6.45) is 2.61. The minimum atomic E-state index is -1.36. The zero-order chi connectivity index (χ0) is 15.0. The molecule has 5 nitrogen and oxygen atoms in total. The second kappa shape index (κ2) is 5.14. The highest BCUT2D eigenvalue weighted by molar-refractivity contribution is 5.89. The first kappa shape index (κ1) is 13.3. The molecule has 1 saturated heterocycles. The van der Waals surface area contributed by atoms with E-state index in [2.05, 4.69) is 25.5 Å². The minimum absolute atomic E-state index is 0.451. The maximum absolute atomic E-state index is 15.1. The molecule has 1 fully saturated rings. The number of nitrogens with zero attached hydrogens (tertiary/aromatic N) is 3. The number of halogens is 1. The molecule has 4 rings (SSSR count). The first-order chi connectivity index (χ1) is 10.8. The number of alkyl halides is 1. The van der Waals surface area contributed by atoms with E-state index in [0.29, 0.717) is 48.7 Å². The van der Waals surface area contributed by atoms with Crippen molar-refractivity contribution in [3.8, 4) is 11.4 Å². The van der Waals surface area contributed by atoms with Gasteiger partial charge in [-0.2, -0.15) is 5.10 Å². The second-order valence-electron chi connectivity index (χ2n) is 5.60. The lowest BCUT2D eigenvalue weighted by atomic mass is 9.90. The molecule has 0 bridgehead atoms. The van der Waals surface area contributed by atoms with Crippen LogP contribution in [0.25, 0.3) is 22.4 Å². The van der Waals surface area contributed by atoms with E-state index in [1.165, 1.54) is 0 Å². The highest BCUT2D eigenvalue weighted by Crippen LogP contribution is 2.35. The van der Waals surface area contributed by atoms with Gasteiger partial charge in [0.25, 0.3) is 0 Å². The zero-order valence-electron chi connectivity index (χ0n) is 12.0. The molecular formula is C16H16FN5. The Morgan fingerprint density at radius 1 is 1.09 bits per heavy atom. The van der Waals surface area contributed by atoms with Crippen molar-refractivity contribution in [2.24, 2.45) is 0 Å². The van der Waals surface area contributed by atoms with Gasteiger partial charge in [0.2, 0.25) is 0 Å². The van der Waals surface area contributed by atoms with Crippen LogP contribution in [0.1, 0.15) is 18.5 Å². The summed E-state index contributed by atoms with van der Waals surface area (Å²) in [6.45, 7) is 1.36. The van der Waals surface area contributed by atoms with Crippen molar-refractivity contribution in [2.75, 3.05) is 13.1 Å². The Hall–Kier alpha value is -2.34. The third-order valence-electron chi connectivity index (χ3n) is 4.18. The molecule has 2 N–H and O–H groups in total. The number of H-pyrrole nitrogens is 1. The van der Waals surface area contributed by atoms with Crippen LogP contribution in [0.2, 0.25) is 0 Å². The molecular weight excluding hydrogens is 281 g/mol. The van der Waals surface area contributed by atoms with Gasteiger partial charge < -0.3 is 5.32 Å². The lowest BCUT2D eigenvalue weighted by Gasteiger charge is -2.29. The van der Waals surface area contributed by atoms with Crippen LogP contribution in [0, 0.1) is 0 Å². The Labute approximate surface area is 127 Å². The first-order valence-electron chi connectivity index (χ1n) is 7.43. The van der Waals surface area contributed by atoms with Gasteiger partial charge in [0, 0.05) is 11.6 Å². The Kier molecular flexibility index (Phi) is 3.11. The number of aromatic nitrogens is 4. The standard InChI is InChI=1S/C16H16FN5/c17-16(6-9-18-10-7-16)13-5-1-4-12(20-13)14-11-3-2-8-19-15(11)22-21-14/h1-5,8,18H,6-7,9-10H2,(H,19,21,22). The molecule has 6 heteroatoms. The van der Waals surface area contributed by atoms with Gasteiger partial charge in [0.1, 0.15) is 5.69 Å². The number of rotatable bonds is 2. The van der Waals surface area contributed by atoms with Crippen LogP contribution in [0.15, 0.2) is 36.5 Å². The van der Waals surface area contributed by atoms with Crippen molar-refractivity contribution in [3.05, 3.63) is 42.2 Å².